The van der Waals surface area contributed by atoms with Gasteiger partial charge in [0.25, 0.3) is 0 Å². The van der Waals surface area contributed by atoms with Gasteiger partial charge >= 0.3 is 0 Å². The number of hydrogen-bond donors (Lipinski definition) is 3. The summed E-state index contributed by atoms with van der Waals surface area (Å²) in [6.45, 7) is 5.10. The first-order valence-corrected chi connectivity index (χ1v) is 12.6. The monoisotopic (exact) mass is 443 g/mol. The van der Waals surface area contributed by atoms with Gasteiger partial charge in [-0.3, -0.25) is 0 Å². The number of nitrogens with one attached hydrogen (secondary N) is 3. The van der Waals surface area contributed by atoms with Crippen LogP contribution >= 0.6 is 0 Å². The van der Waals surface area contributed by atoms with E-state index in [4.69, 9.17) is 4.84 Å². The fourth-order valence-corrected chi connectivity index (χ4v) is 6.01. The number of rotatable bonds is 7. The lowest BCUT2D eigenvalue weighted by atomic mass is 9.96. The Morgan fingerprint density at radius 3 is 2.65 bits per heavy atom. The summed E-state index contributed by atoms with van der Waals surface area (Å²) < 4.78 is 29.8. The molecule has 0 spiro atoms. The number of allylic oxidation sites excluding steroid dienone is 1. The molecule has 5 rings (SSSR count). The number of sulfonamides is 1. The van der Waals surface area contributed by atoms with Crippen LogP contribution < -0.4 is 10.0 Å². The van der Waals surface area contributed by atoms with Crippen molar-refractivity contribution in [3.8, 4) is 0 Å². The van der Waals surface area contributed by atoms with Crippen molar-refractivity contribution in [2.24, 2.45) is 11.1 Å². The zero-order valence-corrected chi connectivity index (χ0v) is 18.8. The first kappa shape index (κ1) is 20.5. The van der Waals surface area contributed by atoms with E-state index in [0.29, 0.717) is 29.5 Å². The van der Waals surface area contributed by atoms with Crippen LogP contribution in [0.4, 0.5) is 5.95 Å². The summed E-state index contributed by atoms with van der Waals surface area (Å²) in [6, 6.07) is 3.68. The van der Waals surface area contributed by atoms with E-state index < -0.39 is 10.0 Å². The van der Waals surface area contributed by atoms with Gasteiger partial charge in [-0.1, -0.05) is 18.0 Å². The molecule has 0 atom stereocenters. The van der Waals surface area contributed by atoms with Gasteiger partial charge in [-0.15, -0.1) is 0 Å². The van der Waals surface area contributed by atoms with Gasteiger partial charge in [0.1, 0.15) is 17.0 Å². The molecule has 3 N–H and O–H groups in total. The molecule has 1 aromatic heterocycles. The van der Waals surface area contributed by atoms with Crippen LogP contribution in [0.1, 0.15) is 57.9 Å². The fraction of sp³-hybridized carbons (Fsp3) is 0.545. The number of anilines is 1. The molecule has 31 heavy (non-hydrogen) atoms. The third-order valence-corrected chi connectivity index (χ3v) is 7.87. The lowest BCUT2D eigenvalue weighted by Gasteiger charge is -2.18. The van der Waals surface area contributed by atoms with Crippen LogP contribution in [0.3, 0.4) is 0 Å². The lowest BCUT2D eigenvalue weighted by molar-refractivity contribution is 0.165. The van der Waals surface area contributed by atoms with Gasteiger partial charge in [0.15, 0.2) is 0 Å². The Morgan fingerprint density at radius 2 is 1.94 bits per heavy atom. The normalized spacial score (nSPS) is 20.3. The van der Waals surface area contributed by atoms with E-state index in [2.05, 4.69) is 25.2 Å². The third-order valence-electron chi connectivity index (χ3n) is 6.33. The molecule has 0 radical (unpaired) electrons. The highest BCUT2D eigenvalue weighted by Crippen LogP contribution is 2.33. The van der Waals surface area contributed by atoms with Gasteiger partial charge < -0.3 is 15.1 Å². The summed E-state index contributed by atoms with van der Waals surface area (Å²) in [5.74, 6) is 1.30. The maximum Gasteiger partial charge on any atom is 0.243 e. The first-order valence-electron chi connectivity index (χ1n) is 11.1. The van der Waals surface area contributed by atoms with Crippen LogP contribution in [0.15, 0.2) is 27.8 Å². The molecule has 1 aromatic carbocycles. The van der Waals surface area contributed by atoms with E-state index in [1.807, 2.05) is 19.9 Å². The maximum absolute atomic E-state index is 13.4. The van der Waals surface area contributed by atoms with E-state index in [0.717, 1.165) is 54.6 Å². The highest BCUT2D eigenvalue weighted by molar-refractivity contribution is 7.89. The van der Waals surface area contributed by atoms with Crippen molar-refractivity contribution in [1.82, 2.24) is 14.7 Å². The second-order valence-electron chi connectivity index (χ2n) is 8.99. The van der Waals surface area contributed by atoms with Crippen molar-refractivity contribution in [1.29, 1.82) is 0 Å². The predicted molar refractivity (Wildman–Crippen MR) is 122 cm³/mol. The van der Waals surface area contributed by atoms with Crippen molar-refractivity contribution in [3.63, 3.8) is 0 Å². The smallest absolute Gasteiger partial charge is 0.243 e. The van der Waals surface area contributed by atoms with Crippen molar-refractivity contribution in [3.05, 3.63) is 23.3 Å². The van der Waals surface area contributed by atoms with E-state index in [1.54, 1.807) is 6.07 Å². The summed E-state index contributed by atoms with van der Waals surface area (Å²) in [5.41, 5.74) is 4.65. The van der Waals surface area contributed by atoms with Crippen LogP contribution in [0, 0.1) is 5.92 Å². The molecule has 3 aliphatic rings. The fourth-order valence-electron chi connectivity index (χ4n) is 4.52. The Hall–Kier alpha value is -2.39. The summed E-state index contributed by atoms with van der Waals surface area (Å²) in [4.78, 5) is 13.4. The average Bonchev–Trinajstić information content (AvgIpc) is 3.24. The van der Waals surface area contributed by atoms with Crippen LogP contribution in [0.5, 0.6) is 0 Å². The summed E-state index contributed by atoms with van der Waals surface area (Å²) in [6.07, 6.45) is 6.34. The van der Waals surface area contributed by atoms with Gasteiger partial charge in [-0.05, 0) is 68.7 Å². The van der Waals surface area contributed by atoms with Gasteiger partial charge in [0, 0.05) is 18.2 Å². The second kappa shape index (κ2) is 7.94. The molecule has 2 fully saturated rings. The van der Waals surface area contributed by atoms with Crippen LogP contribution in [0.2, 0.25) is 0 Å². The molecule has 9 heteroatoms. The van der Waals surface area contributed by atoms with Gasteiger partial charge in [-0.2, -0.15) is 0 Å². The van der Waals surface area contributed by atoms with Gasteiger partial charge in [-0.25, -0.2) is 18.1 Å². The second-order valence-corrected chi connectivity index (χ2v) is 10.7. The van der Waals surface area contributed by atoms with Crippen molar-refractivity contribution < 1.29 is 13.3 Å². The summed E-state index contributed by atoms with van der Waals surface area (Å²) >= 11 is 0. The Labute approximate surface area is 182 Å². The summed E-state index contributed by atoms with van der Waals surface area (Å²) in [5, 5.41) is 7.44. The Bertz CT molecular complexity index is 1170. The SMILES string of the molecule is CC1=NOCC(C)=C1c1cc(S(=O)(=O)NC2CCCC2)c2nc(NCC3CC3)[nH]c2c1. The molecule has 0 saturated heterocycles. The first-order chi connectivity index (χ1) is 14.9. The Balaban J connectivity index is 1.60. The number of aromatic amines is 1. The standard InChI is InChI=1S/C22H29N5O3S/c1-13-12-30-26-14(2)20(13)16-9-18-21(25-22(24-18)23-11-15-7-8-15)19(10-16)31(28,29)27-17-5-3-4-6-17/h9-10,15,17,27H,3-8,11-12H2,1-2H3,(H2,23,24,25). The number of nitrogens with zero attached hydrogens (tertiary/aromatic N) is 2. The molecule has 0 bridgehead atoms. The molecule has 0 amide bonds. The van der Waals surface area contributed by atoms with E-state index in [-0.39, 0.29) is 10.9 Å². The third kappa shape index (κ3) is 4.21. The molecule has 2 aliphatic carbocycles. The number of H-pyrrole nitrogens is 1. The highest BCUT2D eigenvalue weighted by atomic mass is 32.2. The number of oxime groups is 1. The van der Waals surface area contributed by atoms with Gasteiger partial charge in [0.2, 0.25) is 16.0 Å². The van der Waals surface area contributed by atoms with Crippen molar-refractivity contribution >= 4 is 38.3 Å². The van der Waals surface area contributed by atoms with Gasteiger partial charge in [0.05, 0.1) is 11.2 Å². The molecule has 2 heterocycles. The Morgan fingerprint density at radius 1 is 1.16 bits per heavy atom. The highest BCUT2D eigenvalue weighted by Gasteiger charge is 2.28. The number of aromatic nitrogens is 2. The molecule has 8 nitrogen and oxygen atoms in total. The number of hydrogen-bond acceptors (Lipinski definition) is 6. The summed E-state index contributed by atoms with van der Waals surface area (Å²) in [7, 11) is -3.73. The molecule has 2 saturated carbocycles. The zero-order valence-electron chi connectivity index (χ0n) is 18.0. The number of imidazole rings is 1. The minimum absolute atomic E-state index is 0.0116. The lowest BCUT2D eigenvalue weighted by Crippen LogP contribution is -2.32. The van der Waals surface area contributed by atoms with E-state index in [9.17, 15) is 8.42 Å². The van der Waals surface area contributed by atoms with Crippen molar-refractivity contribution in [2.45, 2.75) is 63.3 Å². The average molecular weight is 444 g/mol. The van der Waals surface area contributed by atoms with E-state index in [1.165, 1.54) is 12.8 Å². The maximum atomic E-state index is 13.4. The zero-order chi connectivity index (χ0) is 21.6. The molecular formula is C22H29N5O3S. The van der Waals surface area contributed by atoms with Crippen LogP contribution in [0.25, 0.3) is 16.6 Å². The molecule has 2 aromatic rings. The molecule has 0 unspecified atom stereocenters. The topological polar surface area (TPSA) is 108 Å². The number of benzene rings is 1. The number of fused-ring (bicyclic) bond motifs is 1. The molecule has 166 valence electrons. The minimum Gasteiger partial charge on any atom is -0.391 e. The predicted octanol–water partition coefficient (Wildman–Crippen LogP) is 3.79. The van der Waals surface area contributed by atoms with Crippen LogP contribution in [-0.2, 0) is 14.9 Å². The minimum atomic E-state index is -3.73. The Kier molecular flexibility index (Phi) is 5.26. The van der Waals surface area contributed by atoms with E-state index >= 15 is 0 Å². The van der Waals surface area contributed by atoms with Crippen molar-refractivity contribution in [2.75, 3.05) is 18.5 Å². The largest absolute Gasteiger partial charge is 0.391 e. The molecule has 1 aliphatic heterocycles. The molecular weight excluding hydrogens is 414 g/mol. The quantitative estimate of drug-likeness (QED) is 0.603. The van der Waals surface area contributed by atoms with Crippen LogP contribution in [-0.4, -0.2) is 43.3 Å².